The van der Waals surface area contributed by atoms with E-state index in [-0.39, 0.29) is 16.3 Å². The van der Waals surface area contributed by atoms with Crippen molar-refractivity contribution < 1.29 is 22.8 Å². The summed E-state index contributed by atoms with van der Waals surface area (Å²) >= 11 is 0. The Bertz CT molecular complexity index is 1290. The highest BCUT2D eigenvalue weighted by atomic mass is 32.2. The smallest absolute Gasteiger partial charge is 0.295 e. The van der Waals surface area contributed by atoms with Crippen molar-refractivity contribution in [2.45, 2.75) is 11.8 Å². The van der Waals surface area contributed by atoms with Crippen molar-refractivity contribution in [1.29, 1.82) is 0 Å². The molecule has 0 aliphatic heterocycles. The van der Waals surface area contributed by atoms with Crippen LogP contribution in [0.2, 0.25) is 0 Å². The molecule has 0 aliphatic carbocycles. The first-order valence-corrected chi connectivity index (χ1v) is 11.1. The minimum atomic E-state index is -4.11. The van der Waals surface area contributed by atoms with Crippen LogP contribution in [0.25, 0.3) is 0 Å². The lowest BCUT2D eigenvalue weighted by atomic mass is 10.1. The molecule has 0 aromatic heterocycles. The Labute approximate surface area is 191 Å². The molecule has 0 amide bonds. The Hall–Kier alpha value is -4.12. The summed E-state index contributed by atoms with van der Waals surface area (Å²) in [4.78, 5) is 10.7. The number of benzene rings is 3. The number of nitro benzene ring substituents is 1. The van der Waals surface area contributed by atoms with Gasteiger partial charge in [-0.25, -0.2) is 8.42 Å². The molecule has 0 heterocycles. The molecule has 0 saturated heterocycles. The highest BCUT2D eigenvalue weighted by Crippen LogP contribution is 2.30. The van der Waals surface area contributed by atoms with Gasteiger partial charge in [0.1, 0.15) is 17.2 Å². The Morgan fingerprint density at radius 1 is 0.970 bits per heavy atom. The van der Waals surface area contributed by atoms with E-state index in [4.69, 9.17) is 9.47 Å². The summed E-state index contributed by atoms with van der Waals surface area (Å²) in [5.41, 5.74) is 3.82. The average Bonchev–Trinajstić information content (AvgIpc) is 2.82. The van der Waals surface area contributed by atoms with Crippen molar-refractivity contribution in [2.75, 3.05) is 24.4 Å². The largest absolute Gasteiger partial charge is 0.497 e. The lowest BCUT2D eigenvalue weighted by Gasteiger charge is -2.12. The molecule has 3 aromatic rings. The Balaban J connectivity index is 1.87. The quantitative estimate of drug-likeness (QED) is 0.271. The van der Waals surface area contributed by atoms with Crippen molar-refractivity contribution in [3.05, 3.63) is 82.4 Å². The number of para-hydroxylation sites is 2. The number of hydrazone groups is 1. The lowest BCUT2D eigenvalue weighted by Crippen LogP contribution is -2.14. The van der Waals surface area contributed by atoms with E-state index in [0.717, 1.165) is 11.6 Å². The maximum absolute atomic E-state index is 12.8. The molecular formula is C22H22N4O6S. The molecule has 11 heteroatoms. The van der Waals surface area contributed by atoms with Crippen LogP contribution in [0.15, 0.2) is 76.7 Å². The molecule has 0 radical (unpaired) electrons. The molecule has 10 nitrogen and oxygen atoms in total. The number of hydrogen-bond acceptors (Lipinski definition) is 8. The molecule has 0 bridgehead atoms. The number of anilines is 2. The Morgan fingerprint density at radius 3 is 2.30 bits per heavy atom. The Morgan fingerprint density at radius 2 is 1.67 bits per heavy atom. The number of nitro groups is 1. The van der Waals surface area contributed by atoms with E-state index in [1.165, 1.54) is 25.3 Å². The highest BCUT2D eigenvalue weighted by molar-refractivity contribution is 7.92. The molecule has 33 heavy (non-hydrogen) atoms. The number of nitrogens with zero attached hydrogens (tertiary/aromatic N) is 2. The third-order valence-corrected chi connectivity index (χ3v) is 6.04. The van der Waals surface area contributed by atoms with E-state index >= 15 is 0 Å². The van der Waals surface area contributed by atoms with Gasteiger partial charge < -0.3 is 9.47 Å². The van der Waals surface area contributed by atoms with Crippen molar-refractivity contribution >= 4 is 32.8 Å². The summed E-state index contributed by atoms with van der Waals surface area (Å²) < 4.78 is 38.3. The number of sulfonamides is 1. The predicted molar refractivity (Wildman–Crippen MR) is 126 cm³/mol. The van der Waals surface area contributed by atoms with Crippen LogP contribution in [0, 0.1) is 10.1 Å². The molecule has 0 atom stereocenters. The molecule has 0 unspecified atom stereocenters. The highest BCUT2D eigenvalue weighted by Gasteiger charge is 2.22. The zero-order valence-corrected chi connectivity index (χ0v) is 18.9. The molecule has 2 N–H and O–H groups in total. The van der Waals surface area contributed by atoms with Crippen LogP contribution in [0.3, 0.4) is 0 Å². The summed E-state index contributed by atoms with van der Waals surface area (Å²) in [6, 6.07) is 17.1. The standard InChI is InChI=1S/C22H22N4O6S/c1-15(16-8-10-17(31-2)11-9-16)23-24-19-13-12-18(14-21(19)26(27)28)33(29,30)25-20-6-4-5-7-22(20)32-3/h4-14,24-25H,1-3H3/b23-15-. The van der Waals surface area contributed by atoms with Gasteiger partial charge in [0.15, 0.2) is 0 Å². The van der Waals surface area contributed by atoms with E-state index in [1.54, 1.807) is 56.5 Å². The van der Waals surface area contributed by atoms with Gasteiger partial charge in [-0.3, -0.25) is 20.3 Å². The average molecular weight is 471 g/mol. The van der Waals surface area contributed by atoms with Crippen molar-refractivity contribution in [1.82, 2.24) is 0 Å². The summed E-state index contributed by atoms with van der Waals surface area (Å²) in [7, 11) is -1.14. The van der Waals surface area contributed by atoms with E-state index < -0.39 is 20.6 Å². The molecule has 0 saturated carbocycles. The second-order valence-electron chi connectivity index (χ2n) is 6.78. The molecule has 172 valence electrons. The maximum Gasteiger partial charge on any atom is 0.295 e. The normalized spacial score (nSPS) is 11.5. The van der Waals surface area contributed by atoms with Gasteiger partial charge in [-0.15, -0.1) is 0 Å². The third-order valence-electron chi connectivity index (χ3n) is 4.68. The number of rotatable bonds is 9. The second kappa shape index (κ2) is 10.0. The first-order chi connectivity index (χ1) is 15.7. The minimum absolute atomic E-state index is 0.0455. The van der Waals surface area contributed by atoms with Gasteiger partial charge in [0.25, 0.3) is 15.7 Å². The number of nitrogens with one attached hydrogen (secondary N) is 2. The fourth-order valence-electron chi connectivity index (χ4n) is 2.90. The number of hydrogen-bond donors (Lipinski definition) is 2. The first kappa shape index (κ1) is 23.5. The summed E-state index contributed by atoms with van der Waals surface area (Å²) in [6.45, 7) is 1.73. The van der Waals surface area contributed by atoms with Crippen molar-refractivity contribution in [3.8, 4) is 11.5 Å². The molecule has 0 fully saturated rings. The summed E-state index contributed by atoms with van der Waals surface area (Å²) in [6.07, 6.45) is 0. The fourth-order valence-corrected chi connectivity index (χ4v) is 3.99. The van der Waals surface area contributed by atoms with Gasteiger partial charge in [0.05, 0.1) is 35.4 Å². The lowest BCUT2D eigenvalue weighted by molar-refractivity contribution is -0.384. The van der Waals surface area contributed by atoms with Gasteiger partial charge in [-0.1, -0.05) is 12.1 Å². The number of methoxy groups -OCH3 is 2. The van der Waals surface area contributed by atoms with Gasteiger partial charge in [0, 0.05) is 6.07 Å². The van der Waals surface area contributed by atoms with Crippen LogP contribution in [0.4, 0.5) is 17.1 Å². The predicted octanol–water partition coefficient (Wildman–Crippen LogP) is 4.25. The zero-order chi connectivity index (χ0) is 24.0. The SMILES string of the molecule is COc1ccc(/C(C)=N\Nc2ccc(S(=O)(=O)Nc3ccccc3OC)cc2[N+](=O)[O-])cc1. The third kappa shape index (κ3) is 5.57. The fraction of sp³-hybridized carbons (Fsp3) is 0.136. The zero-order valence-electron chi connectivity index (χ0n) is 18.1. The van der Waals surface area contributed by atoms with E-state index in [1.807, 2.05) is 0 Å². The molecular weight excluding hydrogens is 448 g/mol. The molecule has 0 spiro atoms. The van der Waals surface area contributed by atoms with Crippen LogP contribution in [-0.4, -0.2) is 33.3 Å². The topological polar surface area (TPSA) is 132 Å². The first-order valence-electron chi connectivity index (χ1n) is 9.64. The van der Waals surface area contributed by atoms with Crippen LogP contribution >= 0.6 is 0 Å². The summed E-state index contributed by atoms with van der Waals surface area (Å²) in [5, 5.41) is 15.8. The number of ether oxygens (including phenoxy) is 2. The van der Waals surface area contributed by atoms with Gasteiger partial charge in [-0.05, 0) is 61.0 Å². The van der Waals surface area contributed by atoms with Gasteiger partial charge in [0.2, 0.25) is 0 Å². The molecule has 3 aromatic carbocycles. The minimum Gasteiger partial charge on any atom is -0.497 e. The van der Waals surface area contributed by atoms with E-state index in [9.17, 15) is 18.5 Å². The van der Waals surface area contributed by atoms with Crippen LogP contribution in [0.5, 0.6) is 11.5 Å². The van der Waals surface area contributed by atoms with Crippen molar-refractivity contribution in [3.63, 3.8) is 0 Å². The van der Waals surface area contributed by atoms with Gasteiger partial charge in [-0.2, -0.15) is 5.10 Å². The van der Waals surface area contributed by atoms with Crippen LogP contribution in [0.1, 0.15) is 12.5 Å². The molecule has 3 rings (SSSR count). The van der Waals surface area contributed by atoms with Crippen LogP contribution < -0.4 is 19.6 Å². The van der Waals surface area contributed by atoms with E-state index in [2.05, 4.69) is 15.2 Å². The van der Waals surface area contributed by atoms with E-state index in [0.29, 0.717) is 17.2 Å². The van der Waals surface area contributed by atoms with Crippen LogP contribution in [-0.2, 0) is 10.0 Å². The van der Waals surface area contributed by atoms with Crippen molar-refractivity contribution in [2.24, 2.45) is 5.10 Å². The maximum atomic E-state index is 12.8. The summed E-state index contributed by atoms with van der Waals surface area (Å²) in [5.74, 6) is 1.01. The van der Waals surface area contributed by atoms with Gasteiger partial charge >= 0.3 is 0 Å². The molecule has 0 aliphatic rings. The second-order valence-corrected chi connectivity index (χ2v) is 8.46. The monoisotopic (exact) mass is 470 g/mol. The Kier molecular flexibility index (Phi) is 7.13.